The molecule has 9 heteroatoms. The minimum absolute atomic E-state index is 0.0645. The summed E-state index contributed by atoms with van der Waals surface area (Å²) in [6.07, 6.45) is -3.68. The van der Waals surface area contributed by atoms with E-state index in [9.17, 15) is 18.3 Å². The van der Waals surface area contributed by atoms with Crippen LogP contribution in [0.2, 0.25) is 0 Å². The number of nitrogens with one attached hydrogen (secondary N) is 1. The second-order valence-corrected chi connectivity index (χ2v) is 4.97. The fraction of sp³-hybridized carbons (Fsp3) is 0.429. The quantitative estimate of drug-likeness (QED) is 0.802. The van der Waals surface area contributed by atoms with Crippen LogP contribution >= 0.6 is 0 Å². The maximum absolute atomic E-state index is 12.6. The first kappa shape index (κ1) is 17.2. The number of hydrogen-bond donors (Lipinski definition) is 2. The number of aliphatic hydroxyl groups is 1. The normalized spacial score (nSPS) is 13.1. The van der Waals surface area contributed by atoms with E-state index in [1.165, 1.54) is 12.1 Å². The van der Waals surface area contributed by atoms with Crippen LogP contribution in [0.1, 0.15) is 11.3 Å². The molecule has 2 rings (SSSR count). The summed E-state index contributed by atoms with van der Waals surface area (Å²) in [7, 11) is 1.75. The number of benzene rings is 1. The van der Waals surface area contributed by atoms with Crippen LogP contribution < -0.4 is 10.1 Å². The third-order valence-corrected chi connectivity index (χ3v) is 3.10. The molecule has 0 aliphatic rings. The highest BCUT2D eigenvalue weighted by molar-refractivity contribution is 5.30. The maximum atomic E-state index is 12.6. The van der Waals surface area contributed by atoms with E-state index in [0.717, 1.165) is 17.8 Å². The van der Waals surface area contributed by atoms with Crippen LogP contribution in [0, 0.1) is 0 Å². The lowest BCUT2D eigenvalue weighted by atomic mass is 10.2. The van der Waals surface area contributed by atoms with Gasteiger partial charge in [-0.15, -0.1) is 5.10 Å². The summed E-state index contributed by atoms with van der Waals surface area (Å²) in [6.45, 7) is 0.576. The summed E-state index contributed by atoms with van der Waals surface area (Å²) in [5, 5.41) is 20.3. The van der Waals surface area contributed by atoms with Crippen molar-refractivity contribution in [3.8, 4) is 5.75 Å². The standard InChI is InChI=1S/C14H17F3N4O2/c1-21-11(7-19-20-21)6-18-8-12(22)9-23-13-4-2-3-10(5-13)14(15,16)17/h2-5,7,12,18,22H,6,8-9H2,1H3. The van der Waals surface area contributed by atoms with E-state index in [0.29, 0.717) is 6.54 Å². The van der Waals surface area contributed by atoms with Crippen molar-refractivity contribution in [3.63, 3.8) is 0 Å². The number of rotatable bonds is 7. The highest BCUT2D eigenvalue weighted by Gasteiger charge is 2.30. The van der Waals surface area contributed by atoms with Crippen LogP contribution in [-0.4, -0.2) is 39.4 Å². The summed E-state index contributed by atoms with van der Waals surface area (Å²) < 4.78 is 44.5. The topological polar surface area (TPSA) is 72.2 Å². The molecule has 0 bridgehead atoms. The number of nitrogens with zero attached hydrogens (tertiary/aromatic N) is 3. The largest absolute Gasteiger partial charge is 0.491 e. The Hall–Kier alpha value is -2.13. The Labute approximate surface area is 130 Å². The van der Waals surface area contributed by atoms with Gasteiger partial charge in [0.25, 0.3) is 0 Å². The zero-order valence-corrected chi connectivity index (χ0v) is 12.4. The van der Waals surface area contributed by atoms with Gasteiger partial charge in [0.15, 0.2) is 0 Å². The molecule has 0 spiro atoms. The summed E-state index contributed by atoms with van der Waals surface area (Å²) in [5.74, 6) is 0.0645. The molecule has 1 aromatic carbocycles. The number of aromatic nitrogens is 3. The van der Waals surface area contributed by atoms with E-state index < -0.39 is 17.8 Å². The number of halogens is 3. The molecule has 23 heavy (non-hydrogen) atoms. The Balaban J connectivity index is 1.76. The van der Waals surface area contributed by atoms with E-state index in [1.807, 2.05) is 0 Å². The lowest BCUT2D eigenvalue weighted by Gasteiger charge is -2.14. The van der Waals surface area contributed by atoms with Crippen molar-refractivity contribution in [2.45, 2.75) is 18.8 Å². The number of ether oxygens (including phenoxy) is 1. The van der Waals surface area contributed by atoms with E-state index >= 15 is 0 Å². The fourth-order valence-corrected chi connectivity index (χ4v) is 1.85. The lowest BCUT2D eigenvalue weighted by Crippen LogP contribution is -2.31. The molecule has 1 unspecified atom stereocenters. The molecule has 0 aliphatic carbocycles. The molecule has 126 valence electrons. The minimum Gasteiger partial charge on any atom is -0.491 e. The van der Waals surface area contributed by atoms with Gasteiger partial charge in [0.2, 0.25) is 0 Å². The second kappa shape index (κ2) is 7.42. The summed E-state index contributed by atoms with van der Waals surface area (Å²) >= 11 is 0. The van der Waals surface area contributed by atoms with Gasteiger partial charge in [-0.3, -0.25) is 4.68 Å². The highest BCUT2D eigenvalue weighted by atomic mass is 19.4. The summed E-state index contributed by atoms with van der Waals surface area (Å²) in [4.78, 5) is 0. The third-order valence-electron chi connectivity index (χ3n) is 3.10. The molecule has 0 fully saturated rings. The van der Waals surface area contributed by atoms with Crippen LogP contribution in [0.25, 0.3) is 0 Å². The number of alkyl halides is 3. The van der Waals surface area contributed by atoms with E-state index in [1.54, 1.807) is 17.9 Å². The monoisotopic (exact) mass is 330 g/mol. The van der Waals surface area contributed by atoms with Gasteiger partial charge >= 0.3 is 6.18 Å². The molecule has 2 aromatic rings. The van der Waals surface area contributed by atoms with E-state index in [4.69, 9.17) is 4.74 Å². The van der Waals surface area contributed by atoms with Crippen molar-refractivity contribution in [1.29, 1.82) is 0 Å². The van der Waals surface area contributed by atoms with Gasteiger partial charge in [-0.2, -0.15) is 13.2 Å². The lowest BCUT2D eigenvalue weighted by molar-refractivity contribution is -0.137. The number of aliphatic hydroxyl groups excluding tert-OH is 1. The van der Waals surface area contributed by atoms with Crippen LogP contribution in [0.5, 0.6) is 5.75 Å². The Bertz CT molecular complexity index is 630. The van der Waals surface area contributed by atoms with Crippen molar-refractivity contribution in [2.24, 2.45) is 7.05 Å². The highest BCUT2D eigenvalue weighted by Crippen LogP contribution is 2.31. The molecule has 0 saturated carbocycles. The molecular weight excluding hydrogens is 313 g/mol. The molecule has 0 amide bonds. The minimum atomic E-state index is -4.42. The van der Waals surface area contributed by atoms with Gasteiger partial charge < -0.3 is 15.2 Å². The molecule has 0 aliphatic heterocycles. The van der Waals surface area contributed by atoms with Gasteiger partial charge in [-0.1, -0.05) is 11.3 Å². The first-order chi connectivity index (χ1) is 10.9. The van der Waals surface area contributed by atoms with Gasteiger partial charge in [0.05, 0.1) is 17.5 Å². The van der Waals surface area contributed by atoms with Gasteiger partial charge in [0.1, 0.15) is 18.5 Å². The van der Waals surface area contributed by atoms with Gasteiger partial charge in [-0.25, -0.2) is 0 Å². The van der Waals surface area contributed by atoms with Gasteiger partial charge in [-0.05, 0) is 18.2 Å². The van der Waals surface area contributed by atoms with Crippen molar-refractivity contribution in [2.75, 3.05) is 13.2 Å². The van der Waals surface area contributed by atoms with E-state index in [-0.39, 0.29) is 18.9 Å². The summed E-state index contributed by atoms with van der Waals surface area (Å²) in [5.41, 5.74) is 0.0577. The van der Waals surface area contributed by atoms with Crippen molar-refractivity contribution >= 4 is 0 Å². The SMILES string of the molecule is Cn1nncc1CNCC(O)COc1cccc(C(F)(F)F)c1. The van der Waals surface area contributed by atoms with E-state index in [2.05, 4.69) is 15.6 Å². The van der Waals surface area contributed by atoms with Crippen LogP contribution in [0.3, 0.4) is 0 Å². The molecule has 1 aromatic heterocycles. The Morgan fingerprint density at radius 3 is 2.83 bits per heavy atom. The summed E-state index contributed by atoms with van der Waals surface area (Å²) in [6, 6.07) is 4.54. The number of aryl methyl sites for hydroxylation is 1. The molecular formula is C14H17F3N4O2. The van der Waals surface area contributed by atoms with Crippen LogP contribution in [0.15, 0.2) is 30.5 Å². The van der Waals surface area contributed by atoms with Crippen molar-refractivity contribution in [1.82, 2.24) is 20.3 Å². The van der Waals surface area contributed by atoms with Crippen molar-refractivity contribution < 1.29 is 23.0 Å². The average molecular weight is 330 g/mol. The first-order valence-corrected chi connectivity index (χ1v) is 6.88. The predicted molar refractivity (Wildman–Crippen MR) is 75.7 cm³/mol. The smallest absolute Gasteiger partial charge is 0.416 e. The Morgan fingerprint density at radius 2 is 2.17 bits per heavy atom. The molecule has 6 nitrogen and oxygen atoms in total. The third kappa shape index (κ3) is 5.22. The van der Waals surface area contributed by atoms with Crippen molar-refractivity contribution in [3.05, 3.63) is 41.7 Å². The van der Waals surface area contributed by atoms with Gasteiger partial charge in [0, 0.05) is 20.1 Å². The molecule has 0 saturated heterocycles. The van der Waals surface area contributed by atoms with Crippen LogP contribution in [0.4, 0.5) is 13.2 Å². The fourth-order valence-electron chi connectivity index (χ4n) is 1.85. The molecule has 1 heterocycles. The molecule has 2 N–H and O–H groups in total. The second-order valence-electron chi connectivity index (χ2n) is 4.97. The maximum Gasteiger partial charge on any atom is 0.416 e. The zero-order chi connectivity index (χ0) is 16.9. The molecule has 1 atom stereocenters. The zero-order valence-electron chi connectivity index (χ0n) is 12.4. The first-order valence-electron chi connectivity index (χ1n) is 6.88. The van der Waals surface area contributed by atoms with Crippen LogP contribution in [-0.2, 0) is 19.8 Å². The number of hydrogen-bond acceptors (Lipinski definition) is 5. The molecule has 0 radical (unpaired) electrons. The predicted octanol–water partition coefficient (Wildman–Crippen LogP) is 1.36. The Morgan fingerprint density at radius 1 is 1.39 bits per heavy atom. The average Bonchev–Trinajstić information content (AvgIpc) is 2.90. The Kier molecular flexibility index (Phi) is 5.56.